The fourth-order valence-electron chi connectivity index (χ4n) is 4.79. The summed E-state index contributed by atoms with van der Waals surface area (Å²) in [6.45, 7) is 5.81. The van der Waals surface area contributed by atoms with Gasteiger partial charge >= 0.3 is 0 Å². The molecule has 29 heavy (non-hydrogen) atoms. The van der Waals surface area contributed by atoms with Crippen molar-refractivity contribution < 1.29 is 9.18 Å². The first-order valence-corrected chi connectivity index (χ1v) is 10.6. The number of nitrogens with zero attached hydrogens (tertiary/aromatic N) is 2. The predicted molar refractivity (Wildman–Crippen MR) is 115 cm³/mol. The molecule has 0 bridgehead atoms. The second-order valence-corrected chi connectivity index (χ2v) is 8.44. The minimum absolute atomic E-state index is 0.233. The van der Waals surface area contributed by atoms with Gasteiger partial charge in [0.1, 0.15) is 5.82 Å². The molecule has 1 amide bonds. The van der Waals surface area contributed by atoms with Gasteiger partial charge in [-0.3, -0.25) is 9.69 Å². The van der Waals surface area contributed by atoms with Gasteiger partial charge in [0.15, 0.2) is 0 Å². The maximum absolute atomic E-state index is 13.2. The van der Waals surface area contributed by atoms with Crippen LogP contribution >= 0.6 is 0 Å². The fraction of sp³-hybridized carbons (Fsp3) is 0.400. The Labute approximate surface area is 172 Å². The highest BCUT2D eigenvalue weighted by Gasteiger charge is 2.39. The second-order valence-electron chi connectivity index (χ2n) is 8.44. The van der Waals surface area contributed by atoms with Crippen molar-refractivity contribution >= 4 is 12.0 Å². The highest BCUT2D eigenvalue weighted by atomic mass is 19.1. The summed E-state index contributed by atoms with van der Waals surface area (Å²) in [6, 6.07) is 17.3. The first-order chi connectivity index (χ1) is 14.1. The van der Waals surface area contributed by atoms with E-state index in [1.54, 1.807) is 12.1 Å². The molecule has 4 heteroatoms. The monoisotopic (exact) mass is 392 g/mol. The van der Waals surface area contributed by atoms with E-state index in [0.717, 1.165) is 38.0 Å². The summed E-state index contributed by atoms with van der Waals surface area (Å²) in [4.78, 5) is 17.2. The third-order valence-electron chi connectivity index (χ3n) is 6.18. The largest absolute Gasteiger partial charge is 0.335 e. The summed E-state index contributed by atoms with van der Waals surface area (Å²) in [6.07, 6.45) is 4.87. The Morgan fingerprint density at radius 2 is 1.86 bits per heavy atom. The summed E-state index contributed by atoms with van der Waals surface area (Å²) in [5.41, 5.74) is 3.61. The summed E-state index contributed by atoms with van der Waals surface area (Å²) in [7, 11) is 0. The van der Waals surface area contributed by atoms with Crippen LogP contribution < -0.4 is 0 Å². The molecular formula is C25H29FN2O. The molecule has 0 radical (unpaired) electrons. The number of amides is 1. The standard InChI is InChI=1S/C25H29FN2O/c1-19(15-20-5-3-2-4-6-20)16-27-14-13-24-22(18-27)9-12-25(29)28(24)17-21-7-10-23(26)11-8-21/h2-8,10-11,15,22,24H,9,12-14,16-18H2,1H3/t22-,24+/m1/s1. The average Bonchev–Trinajstić information content (AvgIpc) is 2.72. The quantitative estimate of drug-likeness (QED) is 0.734. The van der Waals surface area contributed by atoms with E-state index in [1.165, 1.54) is 23.3 Å². The summed E-state index contributed by atoms with van der Waals surface area (Å²) in [5.74, 6) is 0.527. The highest BCUT2D eigenvalue weighted by molar-refractivity contribution is 5.77. The van der Waals surface area contributed by atoms with Crippen molar-refractivity contribution in [1.82, 2.24) is 9.80 Å². The van der Waals surface area contributed by atoms with Gasteiger partial charge < -0.3 is 4.90 Å². The minimum atomic E-state index is -0.233. The van der Waals surface area contributed by atoms with Gasteiger partial charge in [-0.2, -0.15) is 0 Å². The van der Waals surface area contributed by atoms with Gasteiger partial charge in [-0.1, -0.05) is 54.1 Å². The molecule has 0 N–H and O–H groups in total. The van der Waals surface area contributed by atoms with Crippen molar-refractivity contribution in [3.8, 4) is 0 Å². The summed E-state index contributed by atoms with van der Waals surface area (Å²) in [5, 5.41) is 0. The van der Waals surface area contributed by atoms with Crippen molar-refractivity contribution in [2.45, 2.75) is 38.8 Å². The van der Waals surface area contributed by atoms with Crippen molar-refractivity contribution in [3.05, 3.63) is 77.1 Å². The number of carbonyl (C=O) groups excluding carboxylic acids is 1. The number of hydrogen-bond donors (Lipinski definition) is 0. The van der Waals surface area contributed by atoms with Crippen LogP contribution in [0.25, 0.3) is 6.08 Å². The van der Waals surface area contributed by atoms with Gasteiger partial charge in [0.25, 0.3) is 0 Å². The number of halogens is 1. The predicted octanol–water partition coefficient (Wildman–Crippen LogP) is 4.74. The maximum atomic E-state index is 13.2. The smallest absolute Gasteiger partial charge is 0.223 e. The van der Waals surface area contributed by atoms with Crippen LogP contribution in [-0.2, 0) is 11.3 Å². The number of carbonyl (C=O) groups is 1. The molecule has 2 aromatic rings. The molecule has 0 spiro atoms. The molecule has 2 atom stereocenters. The molecule has 2 heterocycles. The molecule has 2 fully saturated rings. The lowest BCUT2D eigenvalue weighted by molar-refractivity contribution is -0.141. The Morgan fingerprint density at radius 1 is 1.10 bits per heavy atom. The number of rotatable bonds is 5. The number of benzene rings is 2. The molecule has 4 rings (SSSR count). The van der Waals surface area contributed by atoms with Crippen molar-refractivity contribution in [3.63, 3.8) is 0 Å². The SMILES string of the molecule is CC(=Cc1ccccc1)CN1CC[C@H]2[C@H](CCC(=O)N2Cc2ccc(F)cc2)C1. The lowest BCUT2D eigenvalue weighted by Crippen LogP contribution is -2.55. The van der Waals surface area contributed by atoms with Gasteiger partial charge in [-0.25, -0.2) is 4.39 Å². The molecule has 2 saturated heterocycles. The molecule has 152 valence electrons. The van der Waals surface area contributed by atoms with E-state index in [4.69, 9.17) is 0 Å². The second kappa shape index (κ2) is 8.91. The Kier molecular flexibility index (Phi) is 6.10. The van der Waals surface area contributed by atoms with Gasteiger partial charge in [0, 0.05) is 38.6 Å². The minimum Gasteiger partial charge on any atom is -0.335 e. The van der Waals surface area contributed by atoms with E-state index in [1.807, 2.05) is 11.0 Å². The molecule has 2 aliphatic heterocycles. The number of piperidine rings is 2. The molecule has 2 aromatic carbocycles. The third-order valence-corrected chi connectivity index (χ3v) is 6.18. The van der Waals surface area contributed by atoms with Crippen molar-refractivity contribution in [2.75, 3.05) is 19.6 Å². The van der Waals surface area contributed by atoms with E-state index in [-0.39, 0.29) is 11.7 Å². The maximum Gasteiger partial charge on any atom is 0.223 e. The van der Waals surface area contributed by atoms with Crippen LogP contribution in [0.15, 0.2) is 60.2 Å². The number of likely N-dealkylation sites (tertiary alicyclic amines) is 2. The molecule has 0 aromatic heterocycles. The van der Waals surface area contributed by atoms with E-state index in [9.17, 15) is 9.18 Å². The van der Waals surface area contributed by atoms with Crippen LogP contribution in [0.2, 0.25) is 0 Å². The molecule has 2 aliphatic rings. The molecule has 0 aliphatic carbocycles. The number of hydrogen-bond acceptors (Lipinski definition) is 2. The average molecular weight is 393 g/mol. The van der Waals surface area contributed by atoms with Crippen LogP contribution in [0.5, 0.6) is 0 Å². The first kappa shape index (κ1) is 19.8. The lowest BCUT2D eigenvalue weighted by Gasteiger charge is -2.47. The first-order valence-electron chi connectivity index (χ1n) is 10.6. The summed E-state index contributed by atoms with van der Waals surface area (Å²) >= 11 is 0. The van der Waals surface area contributed by atoms with Crippen LogP contribution in [0.3, 0.4) is 0 Å². The topological polar surface area (TPSA) is 23.6 Å². The normalized spacial score (nSPS) is 23.2. The Bertz CT molecular complexity index is 862. The van der Waals surface area contributed by atoms with E-state index >= 15 is 0 Å². The van der Waals surface area contributed by atoms with Crippen LogP contribution in [-0.4, -0.2) is 41.4 Å². The zero-order valence-corrected chi connectivity index (χ0v) is 17.1. The van der Waals surface area contributed by atoms with Gasteiger partial charge in [-0.15, -0.1) is 0 Å². The Hall–Kier alpha value is -2.46. The highest BCUT2D eigenvalue weighted by Crippen LogP contribution is 2.32. The number of fused-ring (bicyclic) bond motifs is 1. The lowest BCUT2D eigenvalue weighted by atomic mass is 9.83. The van der Waals surface area contributed by atoms with Crippen molar-refractivity contribution in [1.29, 1.82) is 0 Å². The molecular weight excluding hydrogens is 363 g/mol. The third kappa shape index (κ3) is 4.94. The van der Waals surface area contributed by atoms with Gasteiger partial charge in [-0.05, 0) is 48.9 Å². The fourth-order valence-corrected chi connectivity index (χ4v) is 4.79. The summed E-state index contributed by atoms with van der Waals surface area (Å²) < 4.78 is 13.2. The van der Waals surface area contributed by atoms with E-state index in [2.05, 4.69) is 42.2 Å². The van der Waals surface area contributed by atoms with Gasteiger partial charge in [0.05, 0.1) is 0 Å². The Balaban J connectivity index is 1.39. The molecule has 0 unspecified atom stereocenters. The molecule has 0 saturated carbocycles. The van der Waals surface area contributed by atoms with Crippen molar-refractivity contribution in [2.24, 2.45) is 5.92 Å². The van der Waals surface area contributed by atoms with Crippen LogP contribution in [0.4, 0.5) is 4.39 Å². The van der Waals surface area contributed by atoms with E-state index in [0.29, 0.717) is 24.9 Å². The zero-order chi connectivity index (χ0) is 20.2. The van der Waals surface area contributed by atoms with Gasteiger partial charge in [0.2, 0.25) is 5.91 Å². The van der Waals surface area contributed by atoms with Crippen LogP contribution in [0.1, 0.15) is 37.3 Å². The van der Waals surface area contributed by atoms with E-state index < -0.39 is 0 Å². The van der Waals surface area contributed by atoms with Crippen LogP contribution in [0, 0.1) is 11.7 Å². The molecule has 3 nitrogen and oxygen atoms in total. The Morgan fingerprint density at radius 3 is 2.62 bits per heavy atom. The zero-order valence-electron chi connectivity index (χ0n) is 17.1.